The Morgan fingerprint density at radius 1 is 1.36 bits per heavy atom. The number of rotatable bonds is 5. The molecule has 0 aliphatic carbocycles. The molecule has 0 aliphatic rings. The number of halogens is 2. The third kappa shape index (κ3) is 4.75. The highest BCUT2D eigenvalue weighted by Gasteiger charge is 2.02. The van der Waals surface area contributed by atoms with Crippen LogP contribution in [0.3, 0.4) is 0 Å². The molecule has 0 heterocycles. The fraction of sp³-hybridized carbons (Fsp3) is 0.0667. The predicted molar refractivity (Wildman–Crippen MR) is 82.5 cm³/mol. The highest BCUT2D eigenvalue weighted by atomic mass is 35.5. The molecule has 0 unspecified atom stereocenters. The van der Waals surface area contributed by atoms with Gasteiger partial charge in [0.2, 0.25) is 0 Å². The molecule has 0 radical (unpaired) electrons. The van der Waals surface area contributed by atoms with Crippen molar-refractivity contribution in [3.05, 3.63) is 64.4 Å². The summed E-state index contributed by atoms with van der Waals surface area (Å²) >= 11 is 5.71. The number of nitrogens with two attached hydrogens (primary N) is 1. The second kappa shape index (κ2) is 7.42. The summed E-state index contributed by atoms with van der Waals surface area (Å²) in [6, 6.07) is 10.7. The molecular formula is C15H13ClFN3O2. The summed E-state index contributed by atoms with van der Waals surface area (Å²) in [5.41, 5.74) is 8.47. The summed E-state index contributed by atoms with van der Waals surface area (Å²) in [4.78, 5) is 10.5. The van der Waals surface area contributed by atoms with Crippen LogP contribution < -0.4 is 15.9 Å². The summed E-state index contributed by atoms with van der Waals surface area (Å²) in [6.45, 7) is 0.250. The molecule has 0 saturated carbocycles. The van der Waals surface area contributed by atoms with Crippen LogP contribution in [-0.4, -0.2) is 12.2 Å². The first-order valence-electron chi connectivity index (χ1n) is 6.30. The standard InChI is InChI=1S/C15H13ClFN3O2/c16-13-7-11(4-5-14(13)17)9-22-12-3-1-2-10(6-12)8-19-20-15(18)21/h1-8H,9H2,(H3,18,20,21). The van der Waals surface area contributed by atoms with Gasteiger partial charge in [0.15, 0.2) is 0 Å². The number of carbonyl (C=O) groups excluding carboxylic acids is 1. The molecule has 0 spiro atoms. The molecule has 5 nitrogen and oxygen atoms in total. The van der Waals surface area contributed by atoms with E-state index in [0.717, 1.165) is 11.1 Å². The number of hydrazone groups is 1. The SMILES string of the molecule is NC(=O)NN=Cc1cccc(OCc2ccc(F)c(Cl)c2)c1. The Labute approximate surface area is 131 Å². The smallest absolute Gasteiger partial charge is 0.332 e. The van der Waals surface area contributed by atoms with Crippen LogP contribution in [0.5, 0.6) is 5.75 Å². The normalized spacial score (nSPS) is 10.6. The van der Waals surface area contributed by atoms with Gasteiger partial charge >= 0.3 is 6.03 Å². The van der Waals surface area contributed by atoms with E-state index >= 15 is 0 Å². The van der Waals surface area contributed by atoms with Crippen LogP contribution in [-0.2, 0) is 6.61 Å². The number of amides is 2. The number of hydrogen-bond acceptors (Lipinski definition) is 3. The van der Waals surface area contributed by atoms with Gasteiger partial charge in [-0.15, -0.1) is 0 Å². The molecule has 0 aliphatic heterocycles. The van der Waals surface area contributed by atoms with Gasteiger partial charge in [-0.05, 0) is 35.4 Å². The van der Waals surface area contributed by atoms with Gasteiger partial charge in [-0.2, -0.15) is 5.10 Å². The third-order valence-corrected chi connectivity index (χ3v) is 2.93. The first-order chi connectivity index (χ1) is 10.5. The molecule has 3 N–H and O–H groups in total. The Hall–Kier alpha value is -2.60. The molecule has 114 valence electrons. The average molecular weight is 322 g/mol. The van der Waals surface area contributed by atoms with Crippen LogP contribution in [0.15, 0.2) is 47.6 Å². The van der Waals surface area contributed by atoms with Crippen molar-refractivity contribution in [2.75, 3.05) is 0 Å². The van der Waals surface area contributed by atoms with Gasteiger partial charge < -0.3 is 10.5 Å². The lowest BCUT2D eigenvalue weighted by Crippen LogP contribution is -2.24. The minimum Gasteiger partial charge on any atom is -0.489 e. The van der Waals surface area contributed by atoms with Crippen molar-refractivity contribution >= 4 is 23.8 Å². The fourth-order valence-corrected chi connectivity index (χ4v) is 1.85. The van der Waals surface area contributed by atoms with Crippen LogP contribution in [0, 0.1) is 5.82 Å². The minimum atomic E-state index is -0.739. The monoisotopic (exact) mass is 321 g/mol. The molecule has 0 fully saturated rings. The van der Waals surface area contributed by atoms with Gasteiger partial charge in [-0.1, -0.05) is 29.8 Å². The van der Waals surface area contributed by atoms with E-state index in [1.165, 1.54) is 18.3 Å². The van der Waals surface area contributed by atoms with Crippen LogP contribution in [0.25, 0.3) is 0 Å². The molecule has 2 amide bonds. The quantitative estimate of drug-likeness (QED) is 0.656. The van der Waals surface area contributed by atoms with E-state index in [-0.39, 0.29) is 11.6 Å². The van der Waals surface area contributed by atoms with Gasteiger partial charge in [-0.3, -0.25) is 0 Å². The van der Waals surface area contributed by atoms with E-state index in [1.807, 2.05) is 0 Å². The number of benzene rings is 2. The lowest BCUT2D eigenvalue weighted by molar-refractivity contribution is 0.249. The zero-order valence-electron chi connectivity index (χ0n) is 11.4. The topological polar surface area (TPSA) is 76.7 Å². The Kier molecular flexibility index (Phi) is 5.32. The van der Waals surface area contributed by atoms with Crippen molar-refractivity contribution in [1.82, 2.24) is 5.43 Å². The molecule has 0 aromatic heterocycles. The van der Waals surface area contributed by atoms with Crippen molar-refractivity contribution in [3.63, 3.8) is 0 Å². The zero-order valence-corrected chi connectivity index (χ0v) is 12.2. The number of primary amides is 1. The van der Waals surface area contributed by atoms with E-state index in [0.29, 0.717) is 5.75 Å². The van der Waals surface area contributed by atoms with E-state index in [4.69, 9.17) is 22.1 Å². The van der Waals surface area contributed by atoms with Crippen LogP contribution in [0.2, 0.25) is 5.02 Å². The van der Waals surface area contributed by atoms with Crippen molar-refractivity contribution in [1.29, 1.82) is 0 Å². The molecule has 7 heteroatoms. The fourth-order valence-electron chi connectivity index (χ4n) is 1.65. The van der Waals surface area contributed by atoms with Crippen LogP contribution >= 0.6 is 11.6 Å². The average Bonchev–Trinajstić information content (AvgIpc) is 2.49. The van der Waals surface area contributed by atoms with Crippen LogP contribution in [0.1, 0.15) is 11.1 Å². The lowest BCUT2D eigenvalue weighted by Gasteiger charge is -2.07. The molecule has 2 aromatic carbocycles. The lowest BCUT2D eigenvalue weighted by atomic mass is 10.2. The Morgan fingerprint density at radius 2 is 2.18 bits per heavy atom. The van der Waals surface area contributed by atoms with Crippen molar-refractivity contribution < 1.29 is 13.9 Å². The minimum absolute atomic E-state index is 0.0551. The Balaban J connectivity index is 1.99. The number of carbonyl (C=O) groups is 1. The Morgan fingerprint density at radius 3 is 2.91 bits per heavy atom. The van der Waals surface area contributed by atoms with Crippen molar-refractivity contribution in [2.45, 2.75) is 6.61 Å². The maximum Gasteiger partial charge on any atom is 0.332 e. The summed E-state index contributed by atoms with van der Waals surface area (Å²) in [7, 11) is 0. The second-order valence-corrected chi connectivity index (χ2v) is 4.75. The van der Waals surface area contributed by atoms with Crippen molar-refractivity contribution in [3.8, 4) is 5.75 Å². The Bertz CT molecular complexity index is 707. The van der Waals surface area contributed by atoms with E-state index in [9.17, 15) is 9.18 Å². The second-order valence-electron chi connectivity index (χ2n) is 4.34. The summed E-state index contributed by atoms with van der Waals surface area (Å²) in [6.07, 6.45) is 1.44. The van der Waals surface area contributed by atoms with Gasteiger partial charge in [0, 0.05) is 0 Å². The van der Waals surface area contributed by atoms with Crippen LogP contribution in [0.4, 0.5) is 9.18 Å². The highest BCUT2D eigenvalue weighted by molar-refractivity contribution is 6.30. The molecular weight excluding hydrogens is 309 g/mol. The first-order valence-corrected chi connectivity index (χ1v) is 6.67. The molecule has 0 bridgehead atoms. The number of nitrogens with one attached hydrogen (secondary N) is 1. The number of urea groups is 1. The highest BCUT2D eigenvalue weighted by Crippen LogP contribution is 2.18. The molecule has 0 atom stereocenters. The molecule has 0 saturated heterocycles. The molecule has 2 rings (SSSR count). The number of ether oxygens (including phenoxy) is 1. The number of hydrogen-bond donors (Lipinski definition) is 2. The van der Waals surface area contributed by atoms with E-state index < -0.39 is 11.8 Å². The van der Waals surface area contributed by atoms with Gasteiger partial charge in [0.25, 0.3) is 0 Å². The maximum atomic E-state index is 13.1. The third-order valence-electron chi connectivity index (χ3n) is 2.64. The van der Waals surface area contributed by atoms with Gasteiger partial charge in [-0.25, -0.2) is 14.6 Å². The summed E-state index contributed by atoms with van der Waals surface area (Å²) in [5, 5.41) is 3.71. The van der Waals surface area contributed by atoms with Crippen molar-refractivity contribution in [2.24, 2.45) is 10.8 Å². The zero-order chi connectivity index (χ0) is 15.9. The number of nitrogens with zero attached hydrogens (tertiary/aromatic N) is 1. The van der Waals surface area contributed by atoms with E-state index in [2.05, 4.69) is 10.5 Å². The van der Waals surface area contributed by atoms with Gasteiger partial charge in [0.1, 0.15) is 18.2 Å². The van der Waals surface area contributed by atoms with Gasteiger partial charge in [0.05, 0.1) is 11.2 Å². The summed E-state index contributed by atoms with van der Waals surface area (Å²) < 4.78 is 18.7. The first kappa shape index (κ1) is 15.8. The molecule has 22 heavy (non-hydrogen) atoms. The summed E-state index contributed by atoms with van der Waals surface area (Å²) in [5.74, 6) is 0.133. The largest absolute Gasteiger partial charge is 0.489 e. The predicted octanol–water partition coefficient (Wildman–Crippen LogP) is 3.06. The van der Waals surface area contributed by atoms with E-state index in [1.54, 1.807) is 30.3 Å². The maximum absolute atomic E-state index is 13.1. The molecule has 2 aromatic rings.